The van der Waals surface area contributed by atoms with Crippen LogP contribution in [0.15, 0.2) is 61.1 Å². The van der Waals surface area contributed by atoms with Crippen LogP contribution in [0.1, 0.15) is 11.1 Å². The monoisotopic (exact) mass is 366 g/mol. The highest BCUT2D eigenvalue weighted by Gasteiger charge is 2.31. The molecule has 0 fully saturated rings. The molecule has 0 aliphatic heterocycles. The molecule has 2 rings (SSSR count). The van der Waals surface area contributed by atoms with E-state index in [1.165, 1.54) is 0 Å². The van der Waals surface area contributed by atoms with Gasteiger partial charge in [0.15, 0.2) is 0 Å². The molecule has 26 heavy (non-hydrogen) atoms. The first-order valence-electron chi connectivity index (χ1n) is 7.31. The van der Waals surface area contributed by atoms with E-state index in [4.69, 9.17) is 21.2 Å². The lowest BCUT2D eigenvalue weighted by Gasteiger charge is -2.20. The number of halogens is 3. The maximum atomic E-state index is 12.8. The zero-order valence-electron chi connectivity index (χ0n) is 13.6. The Morgan fingerprint density at radius 1 is 1.23 bits per heavy atom. The molecule has 0 spiro atoms. The number of anilines is 2. The van der Waals surface area contributed by atoms with Crippen molar-refractivity contribution in [3.63, 3.8) is 0 Å². The summed E-state index contributed by atoms with van der Waals surface area (Å²) >= 11 is 0. The van der Waals surface area contributed by atoms with E-state index in [0.717, 1.165) is 23.8 Å². The van der Waals surface area contributed by atoms with Crippen molar-refractivity contribution >= 4 is 17.5 Å². The topological polar surface area (TPSA) is 86.6 Å². The van der Waals surface area contributed by atoms with Crippen LogP contribution in [-0.2, 0) is 15.8 Å². The first-order chi connectivity index (χ1) is 12.3. The summed E-state index contributed by atoms with van der Waals surface area (Å²) in [6.45, 7) is 3.30. The summed E-state index contributed by atoms with van der Waals surface area (Å²) in [6.07, 6.45) is 2.09. The Morgan fingerprint density at radius 2 is 1.92 bits per heavy atom. The van der Waals surface area contributed by atoms with Gasteiger partial charge in [0, 0.05) is 12.4 Å². The molecule has 0 amide bonds. The van der Waals surface area contributed by atoms with Crippen molar-refractivity contribution in [2.45, 2.75) is 6.18 Å². The van der Waals surface area contributed by atoms with Gasteiger partial charge in [0.05, 0.1) is 11.3 Å². The number of ether oxygens (including phenoxy) is 1. The van der Waals surface area contributed by atoms with Gasteiger partial charge in [-0.2, -0.15) is 18.3 Å². The van der Waals surface area contributed by atoms with E-state index in [1.54, 1.807) is 36.7 Å². The molecular formula is C17H17F3N4O2. The van der Waals surface area contributed by atoms with E-state index in [2.05, 4.69) is 11.6 Å². The molecule has 0 unspecified atom stereocenters. The minimum atomic E-state index is -4.52. The van der Waals surface area contributed by atoms with E-state index in [1.807, 2.05) is 0 Å². The number of alkyl halides is 3. The van der Waals surface area contributed by atoms with Crippen molar-refractivity contribution in [3.05, 3.63) is 72.3 Å². The number of pyridine rings is 1. The molecule has 1 heterocycles. The summed E-state index contributed by atoms with van der Waals surface area (Å²) in [5.41, 5.74) is 5.52. The predicted octanol–water partition coefficient (Wildman–Crippen LogP) is 3.50. The minimum absolute atomic E-state index is 0.0249. The number of nitrogen functional groups attached to an aromatic ring is 1. The number of benzene rings is 1. The molecule has 0 bridgehead atoms. The second kappa shape index (κ2) is 8.37. The summed E-state index contributed by atoms with van der Waals surface area (Å²) in [4.78, 5) is 8.93. The number of allylic oxidation sites excluding steroid dienone is 1. The van der Waals surface area contributed by atoms with Crippen molar-refractivity contribution in [2.75, 3.05) is 17.7 Å². The van der Waals surface area contributed by atoms with Crippen molar-refractivity contribution in [1.29, 1.82) is 0 Å². The van der Waals surface area contributed by atoms with Crippen LogP contribution in [0.3, 0.4) is 0 Å². The predicted molar refractivity (Wildman–Crippen MR) is 92.0 cm³/mol. The second-order valence-electron chi connectivity index (χ2n) is 5.07. The van der Waals surface area contributed by atoms with Crippen LogP contribution in [-0.4, -0.2) is 11.8 Å². The third kappa shape index (κ3) is 5.50. The number of rotatable bonds is 7. The number of hydrogen-bond donors (Lipinski definition) is 2. The third-order valence-corrected chi connectivity index (χ3v) is 3.20. The maximum absolute atomic E-state index is 12.8. The zero-order valence-corrected chi connectivity index (χ0v) is 13.6. The smallest absolute Gasteiger partial charge is 0.416 e. The van der Waals surface area contributed by atoms with Gasteiger partial charge in [0.1, 0.15) is 11.4 Å². The molecule has 138 valence electrons. The molecule has 0 aliphatic carbocycles. The molecule has 6 nitrogen and oxygen atoms in total. The van der Waals surface area contributed by atoms with Gasteiger partial charge >= 0.3 is 6.18 Å². The molecule has 0 atom stereocenters. The van der Waals surface area contributed by atoms with Crippen molar-refractivity contribution in [2.24, 2.45) is 5.84 Å². The average Bonchev–Trinajstić information content (AvgIpc) is 2.60. The molecule has 9 heteroatoms. The minimum Gasteiger partial charge on any atom is -0.466 e. The number of aromatic nitrogens is 1. The second-order valence-corrected chi connectivity index (χ2v) is 5.07. The first kappa shape index (κ1) is 19.3. The van der Waals surface area contributed by atoms with Gasteiger partial charge in [-0.1, -0.05) is 12.7 Å². The lowest BCUT2D eigenvalue weighted by atomic mass is 10.1. The largest absolute Gasteiger partial charge is 0.466 e. The fourth-order valence-corrected chi connectivity index (χ4v) is 1.85. The van der Waals surface area contributed by atoms with E-state index in [0.29, 0.717) is 5.17 Å². The zero-order chi connectivity index (χ0) is 19.2. The van der Waals surface area contributed by atoms with Crippen LogP contribution in [0, 0.1) is 0 Å². The first-order valence-corrected chi connectivity index (χ1v) is 7.31. The summed E-state index contributed by atoms with van der Waals surface area (Å²) < 4.78 is 43.5. The van der Waals surface area contributed by atoms with Crippen molar-refractivity contribution in [1.82, 2.24) is 4.98 Å². The lowest BCUT2D eigenvalue weighted by molar-refractivity contribution is -0.137. The number of nitrogens with two attached hydrogens (primary N) is 2. The van der Waals surface area contributed by atoms with Crippen LogP contribution in [0.25, 0.3) is 6.08 Å². The van der Waals surface area contributed by atoms with E-state index >= 15 is 0 Å². The molecule has 4 N–H and O–H groups in total. The highest BCUT2D eigenvalue weighted by atomic mass is 19.4. The SMILES string of the molecule is C=C(/C=C\c1ccncc1)OCON(N)c1cc(C(F)(F)F)ccc1N. The molecular weight excluding hydrogens is 349 g/mol. The van der Waals surface area contributed by atoms with Crippen molar-refractivity contribution in [3.8, 4) is 0 Å². The number of hydrazine groups is 1. The average molecular weight is 366 g/mol. The van der Waals surface area contributed by atoms with Crippen LogP contribution in [0.5, 0.6) is 0 Å². The Morgan fingerprint density at radius 3 is 2.58 bits per heavy atom. The lowest BCUT2D eigenvalue weighted by Crippen LogP contribution is -2.32. The van der Waals surface area contributed by atoms with Gasteiger partial charge in [-0.15, -0.1) is 0 Å². The molecule has 0 radical (unpaired) electrons. The van der Waals surface area contributed by atoms with Crippen LogP contribution in [0.2, 0.25) is 0 Å². The van der Waals surface area contributed by atoms with Gasteiger partial charge in [0.2, 0.25) is 6.79 Å². The van der Waals surface area contributed by atoms with Crippen LogP contribution < -0.4 is 16.7 Å². The molecule has 2 aromatic rings. The summed E-state index contributed by atoms with van der Waals surface area (Å²) in [7, 11) is 0. The molecule has 0 saturated heterocycles. The number of nitrogens with zero attached hydrogens (tertiary/aromatic N) is 2. The third-order valence-electron chi connectivity index (χ3n) is 3.20. The van der Waals surface area contributed by atoms with Crippen LogP contribution >= 0.6 is 0 Å². The van der Waals surface area contributed by atoms with Gasteiger partial charge in [-0.3, -0.25) is 4.98 Å². The summed E-state index contributed by atoms with van der Waals surface area (Å²) in [5, 5.41) is 0.616. The Balaban J connectivity index is 1.89. The fraction of sp³-hybridized carbons (Fsp3) is 0.118. The highest BCUT2D eigenvalue weighted by molar-refractivity contribution is 5.67. The maximum Gasteiger partial charge on any atom is 0.416 e. The Kier molecular flexibility index (Phi) is 6.21. The fourth-order valence-electron chi connectivity index (χ4n) is 1.85. The summed E-state index contributed by atoms with van der Waals surface area (Å²) in [6, 6.07) is 6.32. The molecule has 0 aliphatic rings. The number of hydrogen-bond acceptors (Lipinski definition) is 6. The Bertz CT molecular complexity index is 779. The van der Waals surface area contributed by atoms with Gasteiger partial charge < -0.3 is 10.5 Å². The van der Waals surface area contributed by atoms with E-state index < -0.39 is 11.7 Å². The van der Waals surface area contributed by atoms with Crippen LogP contribution in [0.4, 0.5) is 24.5 Å². The van der Waals surface area contributed by atoms with Gasteiger partial charge in [-0.25, -0.2) is 10.7 Å². The molecule has 0 saturated carbocycles. The standard InChI is InChI=1S/C17H17F3N4O2/c1-12(2-3-13-6-8-23-9-7-13)25-11-26-24(22)16-10-14(17(18,19)20)4-5-15(16)21/h2-10H,1,11,21-22H2/b3-2-. The Hall–Kier alpha value is -3.04. The van der Waals surface area contributed by atoms with Gasteiger partial charge in [0.25, 0.3) is 0 Å². The Labute approximate surface area is 148 Å². The summed E-state index contributed by atoms with van der Waals surface area (Å²) in [5.74, 6) is 5.86. The molecule has 1 aromatic carbocycles. The molecule has 1 aromatic heterocycles. The van der Waals surface area contributed by atoms with E-state index in [-0.39, 0.29) is 23.9 Å². The van der Waals surface area contributed by atoms with Gasteiger partial charge in [-0.05, 0) is 42.0 Å². The van der Waals surface area contributed by atoms with E-state index in [9.17, 15) is 13.2 Å². The van der Waals surface area contributed by atoms with Crippen molar-refractivity contribution < 1.29 is 22.7 Å². The normalized spacial score (nSPS) is 11.5. The quantitative estimate of drug-likeness (QED) is 0.195. The highest BCUT2D eigenvalue weighted by Crippen LogP contribution is 2.33.